The lowest BCUT2D eigenvalue weighted by Gasteiger charge is -2.20. The third-order valence-electron chi connectivity index (χ3n) is 1.64. The number of rotatable bonds is 4. The quantitative estimate of drug-likeness (QED) is 0.438. The minimum absolute atomic E-state index is 0.679. The lowest BCUT2D eigenvalue weighted by molar-refractivity contribution is 0.929. The van der Waals surface area contributed by atoms with Crippen molar-refractivity contribution in [3.63, 3.8) is 0 Å². The van der Waals surface area contributed by atoms with E-state index in [0.29, 0.717) is 12.0 Å². The first kappa shape index (κ1) is 11.7. The SMILES string of the molecule is CC(C)[Si](Br)(Br)CCCC#N. The van der Waals surface area contributed by atoms with Gasteiger partial charge in [0.1, 0.15) is 0 Å². The molecule has 0 bridgehead atoms. The number of hydrogen-bond acceptors (Lipinski definition) is 1. The van der Waals surface area contributed by atoms with E-state index in [0.717, 1.165) is 12.5 Å². The predicted molar refractivity (Wildman–Crippen MR) is 58.4 cm³/mol. The molecule has 0 aliphatic rings. The van der Waals surface area contributed by atoms with Gasteiger partial charge in [-0.05, 0) is 18.0 Å². The summed E-state index contributed by atoms with van der Waals surface area (Å²) in [5.41, 5.74) is 0.682. The summed E-state index contributed by atoms with van der Waals surface area (Å²) in [5, 5.41) is 6.99. The highest BCUT2D eigenvalue weighted by Gasteiger charge is 2.29. The molecule has 64 valence electrons. The molecule has 0 amide bonds. The summed E-state index contributed by atoms with van der Waals surface area (Å²) in [6, 6.07) is 3.30. The van der Waals surface area contributed by atoms with Gasteiger partial charge in [-0.1, -0.05) is 13.8 Å². The monoisotopic (exact) mass is 297 g/mol. The van der Waals surface area contributed by atoms with Gasteiger partial charge < -0.3 is 0 Å². The van der Waals surface area contributed by atoms with Crippen LogP contribution in [0, 0.1) is 11.3 Å². The average molecular weight is 299 g/mol. The van der Waals surface area contributed by atoms with Crippen molar-refractivity contribution in [1.82, 2.24) is 0 Å². The molecule has 0 aromatic rings. The maximum Gasteiger partial charge on any atom is 0.203 e. The van der Waals surface area contributed by atoms with Crippen LogP contribution in [-0.4, -0.2) is 5.31 Å². The summed E-state index contributed by atoms with van der Waals surface area (Å²) in [4.78, 5) is 0. The number of hydrogen-bond donors (Lipinski definition) is 0. The molecular formula is C7H13Br2NSi. The summed E-state index contributed by atoms with van der Waals surface area (Å²) in [5.74, 6) is 0. The second kappa shape index (κ2) is 5.34. The average Bonchev–Trinajstić information content (AvgIpc) is 1.88. The van der Waals surface area contributed by atoms with Crippen LogP contribution in [0.2, 0.25) is 11.6 Å². The van der Waals surface area contributed by atoms with Crippen LogP contribution in [-0.2, 0) is 0 Å². The maximum absolute atomic E-state index is 8.34. The standard InChI is InChI=1S/C7H13Br2NSi/c1-7(2)11(8,9)6-4-3-5-10/h7H,3-4,6H2,1-2H3. The van der Waals surface area contributed by atoms with Crippen LogP contribution in [0.15, 0.2) is 0 Å². The van der Waals surface area contributed by atoms with Gasteiger partial charge >= 0.3 is 0 Å². The lowest BCUT2D eigenvalue weighted by Crippen LogP contribution is -2.21. The zero-order valence-corrected chi connectivity index (χ0v) is 11.1. The van der Waals surface area contributed by atoms with Crippen molar-refractivity contribution in [3.05, 3.63) is 0 Å². The highest BCUT2D eigenvalue weighted by atomic mass is 79.9. The fourth-order valence-electron chi connectivity index (χ4n) is 0.692. The smallest absolute Gasteiger partial charge is 0.198 e. The van der Waals surface area contributed by atoms with Crippen LogP contribution in [0.1, 0.15) is 26.7 Å². The molecule has 0 aliphatic heterocycles. The first-order valence-corrected chi connectivity index (χ1v) is 10.6. The van der Waals surface area contributed by atoms with E-state index >= 15 is 0 Å². The number of nitriles is 1. The van der Waals surface area contributed by atoms with Gasteiger partial charge in [0.2, 0.25) is 5.31 Å². The van der Waals surface area contributed by atoms with Crippen LogP contribution >= 0.6 is 30.6 Å². The molecule has 0 fully saturated rings. The molecule has 4 heteroatoms. The molecule has 0 aliphatic carbocycles. The summed E-state index contributed by atoms with van der Waals surface area (Å²) in [6.07, 6.45) is 1.69. The molecule has 0 heterocycles. The third kappa shape index (κ3) is 4.99. The Morgan fingerprint density at radius 2 is 2.00 bits per heavy atom. The number of unbranched alkanes of at least 4 members (excludes halogenated alkanes) is 1. The molecule has 0 saturated heterocycles. The van der Waals surface area contributed by atoms with Crippen molar-refractivity contribution in [2.24, 2.45) is 0 Å². The Morgan fingerprint density at radius 3 is 2.36 bits per heavy atom. The summed E-state index contributed by atoms with van der Waals surface area (Å²) in [7, 11) is 0. The lowest BCUT2D eigenvalue weighted by atomic mass is 10.4. The second-order valence-electron chi connectivity index (χ2n) is 2.93. The van der Waals surface area contributed by atoms with Gasteiger partial charge in [0.05, 0.1) is 6.07 Å². The normalized spacial score (nSPS) is 11.6. The largest absolute Gasteiger partial charge is 0.203 e. The maximum atomic E-state index is 8.34. The van der Waals surface area contributed by atoms with Crippen LogP contribution in [0.3, 0.4) is 0 Å². The third-order valence-corrected chi connectivity index (χ3v) is 12.2. The van der Waals surface area contributed by atoms with Gasteiger partial charge in [-0.2, -0.15) is 5.26 Å². The van der Waals surface area contributed by atoms with E-state index in [-0.39, 0.29) is 0 Å². The minimum Gasteiger partial charge on any atom is -0.198 e. The molecule has 0 saturated carbocycles. The van der Waals surface area contributed by atoms with E-state index in [4.69, 9.17) is 5.26 Å². The molecule has 0 aromatic carbocycles. The Morgan fingerprint density at radius 1 is 1.45 bits per heavy atom. The molecular weight excluding hydrogens is 286 g/mol. The van der Waals surface area contributed by atoms with Gasteiger partial charge in [0.15, 0.2) is 0 Å². The summed E-state index contributed by atoms with van der Waals surface area (Å²) >= 11 is 7.45. The zero-order valence-electron chi connectivity index (χ0n) is 6.90. The van der Waals surface area contributed by atoms with E-state index in [9.17, 15) is 0 Å². The summed E-state index contributed by atoms with van der Waals surface area (Å²) < 4.78 is 0. The molecule has 0 atom stereocenters. The van der Waals surface area contributed by atoms with E-state index in [1.807, 2.05) is 0 Å². The zero-order chi connectivity index (χ0) is 8.91. The van der Waals surface area contributed by atoms with Crippen LogP contribution in [0.25, 0.3) is 0 Å². The Bertz CT molecular complexity index is 151. The van der Waals surface area contributed by atoms with Crippen LogP contribution in [0.5, 0.6) is 0 Å². The van der Waals surface area contributed by atoms with Crippen molar-refractivity contribution >= 4 is 35.9 Å². The molecule has 1 nitrogen and oxygen atoms in total. The highest BCUT2D eigenvalue weighted by molar-refractivity contribution is 9.51. The second-order valence-corrected chi connectivity index (χ2v) is 17.8. The van der Waals surface area contributed by atoms with Gasteiger partial charge in [0, 0.05) is 6.42 Å². The van der Waals surface area contributed by atoms with Gasteiger partial charge in [-0.15, -0.1) is 30.6 Å². The van der Waals surface area contributed by atoms with Crippen molar-refractivity contribution in [1.29, 1.82) is 5.26 Å². The fourth-order valence-corrected chi connectivity index (χ4v) is 3.60. The van der Waals surface area contributed by atoms with E-state index in [1.54, 1.807) is 0 Å². The van der Waals surface area contributed by atoms with Gasteiger partial charge in [0.25, 0.3) is 0 Å². The number of nitrogens with zero attached hydrogens (tertiary/aromatic N) is 1. The Labute approximate surface area is 85.3 Å². The van der Waals surface area contributed by atoms with Gasteiger partial charge in [-0.3, -0.25) is 0 Å². The van der Waals surface area contributed by atoms with Crippen molar-refractivity contribution in [2.45, 2.75) is 38.3 Å². The van der Waals surface area contributed by atoms with E-state index in [2.05, 4.69) is 50.5 Å². The Kier molecular flexibility index (Phi) is 5.66. The predicted octanol–water partition coefficient (Wildman–Crippen LogP) is 3.93. The van der Waals surface area contributed by atoms with Crippen LogP contribution in [0.4, 0.5) is 0 Å². The van der Waals surface area contributed by atoms with E-state index < -0.39 is 5.31 Å². The van der Waals surface area contributed by atoms with Crippen molar-refractivity contribution in [2.75, 3.05) is 0 Å². The first-order valence-electron chi connectivity index (χ1n) is 3.75. The van der Waals surface area contributed by atoms with Gasteiger partial charge in [-0.25, -0.2) is 0 Å². The molecule has 0 radical (unpaired) electrons. The highest BCUT2D eigenvalue weighted by Crippen LogP contribution is 2.37. The fraction of sp³-hybridized carbons (Fsp3) is 0.857. The van der Waals surface area contributed by atoms with Crippen molar-refractivity contribution in [3.8, 4) is 6.07 Å². The summed E-state index contributed by atoms with van der Waals surface area (Å²) in [6.45, 7) is 4.42. The van der Waals surface area contributed by atoms with Crippen molar-refractivity contribution < 1.29 is 0 Å². The molecule has 11 heavy (non-hydrogen) atoms. The molecule has 0 unspecified atom stereocenters. The molecule has 0 spiro atoms. The van der Waals surface area contributed by atoms with Crippen LogP contribution < -0.4 is 0 Å². The Balaban J connectivity index is 3.66. The topological polar surface area (TPSA) is 23.8 Å². The molecule has 0 aromatic heterocycles. The first-order chi connectivity index (χ1) is 5.00. The molecule has 0 N–H and O–H groups in total. The number of halogens is 2. The van der Waals surface area contributed by atoms with E-state index in [1.165, 1.54) is 0 Å². The minimum atomic E-state index is -1.34. The Hall–Kier alpha value is 0.667. The molecule has 0 rings (SSSR count).